The summed E-state index contributed by atoms with van der Waals surface area (Å²) in [7, 11) is 3.18. The summed E-state index contributed by atoms with van der Waals surface area (Å²) in [5.74, 6) is 0.970. The smallest absolute Gasteiger partial charge is 0.278 e. The summed E-state index contributed by atoms with van der Waals surface area (Å²) < 4.78 is 10.6. The first-order valence-corrected chi connectivity index (χ1v) is 9.41. The first-order valence-electron chi connectivity index (χ1n) is 8.53. The zero-order valence-corrected chi connectivity index (χ0v) is 16.4. The zero-order valence-electron chi connectivity index (χ0n) is 15.6. The molecule has 0 atom stereocenters. The Hall–Kier alpha value is -3.39. The number of amides is 1. The van der Waals surface area contributed by atoms with Crippen LogP contribution in [0.15, 0.2) is 41.8 Å². The van der Waals surface area contributed by atoms with Gasteiger partial charge in [-0.25, -0.2) is 4.98 Å². The predicted octanol–water partition coefficient (Wildman–Crippen LogP) is 4.26. The van der Waals surface area contributed by atoms with Crippen molar-refractivity contribution in [2.45, 2.75) is 6.92 Å². The van der Waals surface area contributed by atoms with E-state index in [1.165, 1.54) is 11.3 Å². The number of hydrogen-bond donors (Lipinski definition) is 2. The molecular formula is C20H18N4O3S. The van der Waals surface area contributed by atoms with Gasteiger partial charge in [-0.05, 0) is 37.3 Å². The van der Waals surface area contributed by atoms with E-state index in [0.29, 0.717) is 22.3 Å². The number of fused-ring (bicyclic) bond motifs is 1. The Morgan fingerprint density at radius 1 is 1.11 bits per heavy atom. The maximum absolute atomic E-state index is 12.7. The molecule has 8 heteroatoms. The molecule has 1 amide bonds. The van der Waals surface area contributed by atoms with Crippen LogP contribution in [0.5, 0.6) is 11.5 Å². The number of carbonyl (C=O) groups is 1. The Balaban J connectivity index is 1.58. The third-order valence-corrected chi connectivity index (χ3v) is 5.10. The van der Waals surface area contributed by atoms with Crippen molar-refractivity contribution in [3.8, 4) is 22.8 Å². The summed E-state index contributed by atoms with van der Waals surface area (Å²) >= 11 is 1.35. The first kappa shape index (κ1) is 18.0. The van der Waals surface area contributed by atoms with Crippen LogP contribution in [0.3, 0.4) is 0 Å². The van der Waals surface area contributed by atoms with E-state index < -0.39 is 0 Å². The van der Waals surface area contributed by atoms with Gasteiger partial charge in [0.15, 0.2) is 22.3 Å². The molecule has 2 heterocycles. The third kappa shape index (κ3) is 3.29. The molecule has 0 aliphatic rings. The van der Waals surface area contributed by atoms with Crippen molar-refractivity contribution in [2.24, 2.45) is 0 Å². The van der Waals surface area contributed by atoms with Crippen molar-refractivity contribution in [3.05, 3.63) is 53.0 Å². The van der Waals surface area contributed by atoms with Crippen LogP contribution in [0.25, 0.3) is 22.2 Å². The van der Waals surface area contributed by atoms with Crippen molar-refractivity contribution in [1.29, 1.82) is 0 Å². The SMILES string of the molecule is COc1ccc(-c2csc(NC(=O)c3n[nH]c4ccc(C)cc34)n2)cc1OC. The van der Waals surface area contributed by atoms with E-state index in [1.807, 2.05) is 48.7 Å². The van der Waals surface area contributed by atoms with Crippen LogP contribution in [0, 0.1) is 6.92 Å². The van der Waals surface area contributed by atoms with Gasteiger partial charge in [-0.2, -0.15) is 5.10 Å². The molecule has 2 aromatic carbocycles. The van der Waals surface area contributed by atoms with E-state index in [4.69, 9.17) is 9.47 Å². The quantitative estimate of drug-likeness (QED) is 0.528. The van der Waals surface area contributed by atoms with E-state index in [-0.39, 0.29) is 5.91 Å². The number of nitrogens with one attached hydrogen (secondary N) is 2. The molecule has 0 aliphatic heterocycles. The summed E-state index contributed by atoms with van der Waals surface area (Å²) in [4.78, 5) is 17.2. The number of aromatic amines is 1. The lowest BCUT2D eigenvalue weighted by Crippen LogP contribution is -2.12. The second kappa shape index (κ2) is 7.32. The lowest BCUT2D eigenvalue weighted by Gasteiger charge is -2.08. The predicted molar refractivity (Wildman–Crippen MR) is 109 cm³/mol. The molecule has 0 radical (unpaired) electrons. The van der Waals surface area contributed by atoms with Gasteiger partial charge in [-0.15, -0.1) is 11.3 Å². The van der Waals surface area contributed by atoms with Crippen molar-refractivity contribution < 1.29 is 14.3 Å². The zero-order chi connectivity index (χ0) is 19.7. The number of aromatic nitrogens is 3. The number of rotatable bonds is 5. The molecule has 0 saturated heterocycles. The normalized spacial score (nSPS) is 10.8. The fourth-order valence-electron chi connectivity index (χ4n) is 2.92. The second-order valence-corrected chi connectivity index (χ2v) is 7.04. The largest absolute Gasteiger partial charge is 0.493 e. The van der Waals surface area contributed by atoms with Gasteiger partial charge in [-0.3, -0.25) is 15.2 Å². The van der Waals surface area contributed by atoms with Crippen LogP contribution in [0.4, 0.5) is 5.13 Å². The molecule has 4 aromatic rings. The molecule has 28 heavy (non-hydrogen) atoms. The maximum atomic E-state index is 12.7. The van der Waals surface area contributed by atoms with Gasteiger partial charge >= 0.3 is 0 Å². The summed E-state index contributed by atoms with van der Waals surface area (Å²) in [6.07, 6.45) is 0. The Bertz CT molecular complexity index is 1170. The van der Waals surface area contributed by atoms with Crippen molar-refractivity contribution >= 4 is 33.3 Å². The second-order valence-electron chi connectivity index (χ2n) is 6.18. The van der Waals surface area contributed by atoms with E-state index in [1.54, 1.807) is 14.2 Å². The number of anilines is 1. The molecule has 2 aromatic heterocycles. The fraction of sp³-hybridized carbons (Fsp3) is 0.150. The topological polar surface area (TPSA) is 89.1 Å². The van der Waals surface area contributed by atoms with Gasteiger partial charge in [0, 0.05) is 16.3 Å². The molecule has 0 unspecified atom stereocenters. The molecule has 0 saturated carbocycles. The minimum Gasteiger partial charge on any atom is -0.493 e. The number of aryl methyl sites for hydroxylation is 1. The monoisotopic (exact) mass is 394 g/mol. The molecule has 142 valence electrons. The minimum absolute atomic E-state index is 0.301. The molecule has 0 spiro atoms. The molecule has 0 fully saturated rings. The highest BCUT2D eigenvalue weighted by Crippen LogP contribution is 2.33. The molecular weight excluding hydrogens is 376 g/mol. The average molecular weight is 394 g/mol. The summed E-state index contributed by atoms with van der Waals surface area (Å²) in [5.41, 5.74) is 3.84. The standard InChI is InChI=1S/C20H18N4O3S/c1-11-4-6-14-13(8-11)18(24-23-14)19(25)22-20-21-15(10-28-20)12-5-7-16(26-2)17(9-12)27-3/h4-10H,1-3H3,(H,23,24)(H,21,22,25). The van der Waals surface area contributed by atoms with Crippen LogP contribution in [-0.4, -0.2) is 35.3 Å². The Labute approximate surface area is 165 Å². The van der Waals surface area contributed by atoms with E-state index >= 15 is 0 Å². The Morgan fingerprint density at radius 2 is 1.93 bits per heavy atom. The van der Waals surface area contributed by atoms with Gasteiger partial charge < -0.3 is 9.47 Å². The Kier molecular flexibility index (Phi) is 4.70. The number of nitrogens with zero attached hydrogens (tertiary/aromatic N) is 2. The number of benzene rings is 2. The van der Waals surface area contributed by atoms with Gasteiger partial charge in [0.25, 0.3) is 5.91 Å². The number of H-pyrrole nitrogens is 1. The van der Waals surface area contributed by atoms with Crippen LogP contribution >= 0.6 is 11.3 Å². The maximum Gasteiger partial charge on any atom is 0.278 e. The first-order chi connectivity index (χ1) is 13.6. The van der Waals surface area contributed by atoms with E-state index in [2.05, 4.69) is 20.5 Å². The van der Waals surface area contributed by atoms with Gasteiger partial charge in [0.2, 0.25) is 0 Å². The molecule has 2 N–H and O–H groups in total. The highest BCUT2D eigenvalue weighted by Gasteiger charge is 2.16. The number of thiazole rings is 1. The molecule has 4 rings (SSSR count). The fourth-order valence-corrected chi connectivity index (χ4v) is 3.63. The highest BCUT2D eigenvalue weighted by atomic mass is 32.1. The van der Waals surface area contributed by atoms with Crippen LogP contribution in [0.2, 0.25) is 0 Å². The number of ether oxygens (including phenoxy) is 2. The molecule has 0 bridgehead atoms. The summed E-state index contributed by atoms with van der Waals surface area (Å²) in [6, 6.07) is 11.4. The van der Waals surface area contributed by atoms with Gasteiger partial charge in [-0.1, -0.05) is 11.6 Å². The van der Waals surface area contributed by atoms with Crippen molar-refractivity contribution in [3.63, 3.8) is 0 Å². The van der Waals surface area contributed by atoms with Crippen LogP contribution < -0.4 is 14.8 Å². The minimum atomic E-state index is -0.301. The number of carbonyl (C=O) groups excluding carboxylic acids is 1. The lowest BCUT2D eigenvalue weighted by molar-refractivity contribution is 0.102. The van der Waals surface area contributed by atoms with Crippen molar-refractivity contribution in [2.75, 3.05) is 19.5 Å². The van der Waals surface area contributed by atoms with E-state index in [0.717, 1.165) is 27.7 Å². The number of methoxy groups -OCH3 is 2. The lowest BCUT2D eigenvalue weighted by atomic mass is 10.1. The third-order valence-electron chi connectivity index (χ3n) is 4.34. The highest BCUT2D eigenvalue weighted by molar-refractivity contribution is 7.14. The van der Waals surface area contributed by atoms with Gasteiger partial charge in [0.05, 0.1) is 25.4 Å². The molecule has 0 aliphatic carbocycles. The van der Waals surface area contributed by atoms with Crippen LogP contribution in [0.1, 0.15) is 16.1 Å². The van der Waals surface area contributed by atoms with Crippen LogP contribution in [-0.2, 0) is 0 Å². The van der Waals surface area contributed by atoms with E-state index in [9.17, 15) is 4.79 Å². The number of hydrogen-bond acceptors (Lipinski definition) is 6. The summed E-state index contributed by atoms with van der Waals surface area (Å²) in [5, 5.41) is 13.0. The van der Waals surface area contributed by atoms with Gasteiger partial charge in [0.1, 0.15) is 0 Å². The average Bonchev–Trinajstić information content (AvgIpc) is 3.34. The Morgan fingerprint density at radius 3 is 2.71 bits per heavy atom. The summed E-state index contributed by atoms with van der Waals surface area (Å²) in [6.45, 7) is 1.98. The molecule has 7 nitrogen and oxygen atoms in total. The van der Waals surface area contributed by atoms with Crippen molar-refractivity contribution in [1.82, 2.24) is 15.2 Å².